The van der Waals surface area contributed by atoms with E-state index in [9.17, 15) is 4.79 Å². The lowest BCUT2D eigenvalue weighted by Crippen LogP contribution is -2.35. The van der Waals surface area contributed by atoms with Gasteiger partial charge < -0.3 is 10.2 Å². The first-order valence-electron chi connectivity index (χ1n) is 11.5. The van der Waals surface area contributed by atoms with E-state index in [1.165, 1.54) is 18.5 Å². The molecule has 0 saturated carbocycles. The molecular formula is C26H37N3O. The van der Waals surface area contributed by atoms with Crippen LogP contribution in [0.2, 0.25) is 0 Å². The van der Waals surface area contributed by atoms with E-state index in [4.69, 9.17) is 4.98 Å². The van der Waals surface area contributed by atoms with Gasteiger partial charge in [-0.15, -0.1) is 0 Å². The SMILES string of the molecule is Cc1ccc(C(=O)NCCCc2ccccc2)c(C2CCN(CCC(C)C)CC2)n1. The number of hydrogen-bond acceptors (Lipinski definition) is 3. The number of aryl methyl sites for hydroxylation is 2. The number of carbonyl (C=O) groups is 1. The maximum Gasteiger partial charge on any atom is 0.253 e. The topological polar surface area (TPSA) is 45.2 Å². The monoisotopic (exact) mass is 407 g/mol. The number of carbonyl (C=O) groups excluding carboxylic acids is 1. The van der Waals surface area contributed by atoms with E-state index in [0.29, 0.717) is 12.5 Å². The summed E-state index contributed by atoms with van der Waals surface area (Å²) in [6.45, 7) is 10.7. The Hall–Kier alpha value is -2.20. The number of hydrogen-bond donors (Lipinski definition) is 1. The standard InChI is InChI=1S/C26H37N3O/c1-20(2)13-17-29-18-14-23(15-19-29)25-24(12-11-21(3)28-25)26(30)27-16-7-10-22-8-5-4-6-9-22/h4-6,8-9,11-12,20,23H,7,10,13-19H2,1-3H3,(H,27,30). The van der Waals surface area contributed by atoms with Crippen molar-refractivity contribution >= 4 is 5.91 Å². The van der Waals surface area contributed by atoms with Crippen LogP contribution in [-0.2, 0) is 6.42 Å². The van der Waals surface area contributed by atoms with Crippen LogP contribution in [-0.4, -0.2) is 42.0 Å². The Morgan fingerprint density at radius 3 is 2.57 bits per heavy atom. The van der Waals surface area contributed by atoms with Gasteiger partial charge in [-0.25, -0.2) is 0 Å². The highest BCUT2D eigenvalue weighted by Crippen LogP contribution is 2.29. The van der Waals surface area contributed by atoms with Crippen molar-refractivity contribution in [3.05, 3.63) is 65.0 Å². The van der Waals surface area contributed by atoms with Crippen molar-refractivity contribution in [2.75, 3.05) is 26.2 Å². The molecule has 1 fully saturated rings. The number of likely N-dealkylation sites (tertiary alicyclic amines) is 1. The van der Waals surface area contributed by atoms with Crippen LogP contribution in [0.25, 0.3) is 0 Å². The normalized spacial score (nSPS) is 15.5. The molecule has 1 aliphatic rings. The van der Waals surface area contributed by atoms with Crippen molar-refractivity contribution in [2.24, 2.45) is 5.92 Å². The number of amides is 1. The average molecular weight is 408 g/mol. The molecule has 0 radical (unpaired) electrons. The van der Waals surface area contributed by atoms with Crippen molar-refractivity contribution in [3.63, 3.8) is 0 Å². The third-order valence-corrected chi connectivity index (χ3v) is 6.08. The molecule has 1 aromatic carbocycles. The minimum Gasteiger partial charge on any atom is -0.352 e. The molecule has 0 unspecified atom stereocenters. The third kappa shape index (κ3) is 6.66. The van der Waals surface area contributed by atoms with Gasteiger partial charge in [0, 0.05) is 18.2 Å². The molecular weight excluding hydrogens is 370 g/mol. The first kappa shape index (κ1) is 22.5. The maximum atomic E-state index is 12.9. The summed E-state index contributed by atoms with van der Waals surface area (Å²) in [4.78, 5) is 20.3. The van der Waals surface area contributed by atoms with Crippen molar-refractivity contribution in [1.82, 2.24) is 15.2 Å². The predicted molar refractivity (Wildman–Crippen MR) is 124 cm³/mol. The first-order valence-corrected chi connectivity index (χ1v) is 11.5. The second-order valence-electron chi connectivity index (χ2n) is 9.03. The highest BCUT2D eigenvalue weighted by atomic mass is 16.1. The zero-order chi connectivity index (χ0) is 21.3. The highest BCUT2D eigenvalue weighted by molar-refractivity contribution is 5.95. The summed E-state index contributed by atoms with van der Waals surface area (Å²) in [5, 5.41) is 3.12. The summed E-state index contributed by atoms with van der Waals surface area (Å²) < 4.78 is 0. The second-order valence-corrected chi connectivity index (χ2v) is 9.03. The molecule has 4 nitrogen and oxygen atoms in total. The quantitative estimate of drug-likeness (QED) is 0.597. The molecule has 1 N–H and O–H groups in total. The van der Waals surface area contributed by atoms with E-state index in [-0.39, 0.29) is 5.91 Å². The molecule has 1 amide bonds. The van der Waals surface area contributed by atoms with Crippen LogP contribution in [0, 0.1) is 12.8 Å². The van der Waals surface area contributed by atoms with E-state index >= 15 is 0 Å². The van der Waals surface area contributed by atoms with Gasteiger partial charge in [0.15, 0.2) is 0 Å². The van der Waals surface area contributed by atoms with Crippen LogP contribution >= 0.6 is 0 Å². The van der Waals surface area contributed by atoms with Gasteiger partial charge in [0.05, 0.1) is 11.3 Å². The fourth-order valence-corrected chi connectivity index (χ4v) is 4.19. The van der Waals surface area contributed by atoms with E-state index in [1.807, 2.05) is 25.1 Å². The molecule has 0 spiro atoms. The molecule has 30 heavy (non-hydrogen) atoms. The van der Waals surface area contributed by atoms with Crippen LogP contribution in [0.3, 0.4) is 0 Å². The van der Waals surface area contributed by atoms with E-state index in [1.54, 1.807) is 0 Å². The molecule has 2 heterocycles. The Morgan fingerprint density at radius 2 is 1.87 bits per heavy atom. The Kier molecular flexibility index (Phi) is 8.44. The molecule has 4 heteroatoms. The number of rotatable bonds is 9. The summed E-state index contributed by atoms with van der Waals surface area (Å²) >= 11 is 0. The second kappa shape index (κ2) is 11.3. The Labute approximate surface area is 182 Å². The summed E-state index contributed by atoms with van der Waals surface area (Å²) in [7, 11) is 0. The predicted octanol–water partition coefficient (Wildman–Crippen LogP) is 4.98. The van der Waals surface area contributed by atoms with Gasteiger partial charge in [0.25, 0.3) is 5.91 Å². The summed E-state index contributed by atoms with van der Waals surface area (Å²) in [5.74, 6) is 1.15. The lowest BCUT2D eigenvalue weighted by molar-refractivity contribution is 0.0950. The van der Waals surface area contributed by atoms with Gasteiger partial charge in [-0.1, -0.05) is 44.2 Å². The van der Waals surface area contributed by atoms with E-state index in [0.717, 1.165) is 61.6 Å². The van der Waals surface area contributed by atoms with Crippen molar-refractivity contribution in [1.29, 1.82) is 0 Å². The molecule has 162 valence electrons. The third-order valence-electron chi connectivity index (χ3n) is 6.08. The lowest BCUT2D eigenvalue weighted by atomic mass is 9.89. The van der Waals surface area contributed by atoms with E-state index in [2.05, 4.69) is 48.3 Å². The van der Waals surface area contributed by atoms with Crippen LogP contribution in [0.15, 0.2) is 42.5 Å². The molecule has 1 saturated heterocycles. The minimum absolute atomic E-state index is 0.0211. The van der Waals surface area contributed by atoms with Crippen molar-refractivity contribution in [2.45, 2.75) is 58.8 Å². The molecule has 1 aliphatic heterocycles. The molecule has 0 atom stereocenters. The molecule has 3 rings (SSSR count). The largest absolute Gasteiger partial charge is 0.352 e. The number of pyridine rings is 1. The zero-order valence-electron chi connectivity index (χ0n) is 18.9. The molecule has 0 aliphatic carbocycles. The Balaban J connectivity index is 1.55. The number of aromatic nitrogens is 1. The van der Waals surface area contributed by atoms with Crippen molar-refractivity contribution < 1.29 is 4.79 Å². The number of nitrogens with zero attached hydrogens (tertiary/aromatic N) is 2. The molecule has 2 aromatic rings. The minimum atomic E-state index is 0.0211. The average Bonchev–Trinajstić information content (AvgIpc) is 2.76. The fourth-order valence-electron chi connectivity index (χ4n) is 4.19. The zero-order valence-corrected chi connectivity index (χ0v) is 18.9. The summed E-state index contributed by atoms with van der Waals surface area (Å²) in [6, 6.07) is 14.4. The summed E-state index contributed by atoms with van der Waals surface area (Å²) in [6.07, 6.45) is 5.35. The Morgan fingerprint density at radius 1 is 1.13 bits per heavy atom. The van der Waals surface area contributed by atoms with Crippen molar-refractivity contribution in [3.8, 4) is 0 Å². The molecule has 0 bridgehead atoms. The van der Waals surface area contributed by atoms with Gasteiger partial charge in [0.2, 0.25) is 0 Å². The maximum absolute atomic E-state index is 12.9. The Bertz CT molecular complexity index is 795. The van der Waals surface area contributed by atoms with Gasteiger partial charge in [-0.3, -0.25) is 9.78 Å². The van der Waals surface area contributed by atoms with E-state index < -0.39 is 0 Å². The van der Waals surface area contributed by atoms with Crippen LogP contribution < -0.4 is 5.32 Å². The van der Waals surface area contributed by atoms with Crippen LogP contribution in [0.1, 0.15) is 72.8 Å². The van der Waals surface area contributed by atoms with Gasteiger partial charge in [0.1, 0.15) is 0 Å². The fraction of sp³-hybridized carbons (Fsp3) is 0.538. The smallest absolute Gasteiger partial charge is 0.253 e. The van der Waals surface area contributed by atoms with Gasteiger partial charge in [-0.05, 0) is 82.3 Å². The molecule has 1 aromatic heterocycles. The van der Waals surface area contributed by atoms with Crippen LogP contribution in [0.4, 0.5) is 0 Å². The number of piperidine rings is 1. The van der Waals surface area contributed by atoms with Crippen LogP contribution in [0.5, 0.6) is 0 Å². The van der Waals surface area contributed by atoms with Gasteiger partial charge in [-0.2, -0.15) is 0 Å². The van der Waals surface area contributed by atoms with Gasteiger partial charge >= 0.3 is 0 Å². The highest BCUT2D eigenvalue weighted by Gasteiger charge is 2.25. The number of benzene rings is 1. The number of nitrogens with one attached hydrogen (secondary N) is 1. The summed E-state index contributed by atoms with van der Waals surface area (Å²) in [5.41, 5.74) is 4.07. The first-order chi connectivity index (χ1) is 14.5. The lowest BCUT2D eigenvalue weighted by Gasteiger charge is -2.32.